The zero-order valence-corrected chi connectivity index (χ0v) is 11.1. The van der Waals surface area contributed by atoms with Crippen molar-refractivity contribution in [2.75, 3.05) is 5.73 Å². The van der Waals surface area contributed by atoms with Gasteiger partial charge in [0, 0.05) is 15.7 Å². The molecule has 0 aliphatic heterocycles. The summed E-state index contributed by atoms with van der Waals surface area (Å²) in [6.45, 7) is 0. The standard InChI is InChI=1S/C13H13BrFN3/c14-8-5-6-12(16)10(7-8)13(18-17)9-3-1-2-4-11(9)15/h1-7,13,18H,16-17H2. The van der Waals surface area contributed by atoms with E-state index >= 15 is 0 Å². The second-order valence-electron chi connectivity index (χ2n) is 3.89. The van der Waals surface area contributed by atoms with Crippen molar-refractivity contribution in [2.45, 2.75) is 6.04 Å². The van der Waals surface area contributed by atoms with Crippen molar-refractivity contribution in [1.29, 1.82) is 0 Å². The van der Waals surface area contributed by atoms with Crippen LogP contribution in [-0.2, 0) is 0 Å². The third kappa shape index (κ3) is 2.53. The predicted octanol–water partition coefficient (Wildman–Crippen LogP) is 2.72. The first kappa shape index (κ1) is 13.0. The van der Waals surface area contributed by atoms with Crippen LogP contribution < -0.4 is 17.0 Å². The van der Waals surface area contributed by atoms with Crippen LogP contribution >= 0.6 is 15.9 Å². The van der Waals surface area contributed by atoms with Gasteiger partial charge < -0.3 is 5.73 Å². The lowest BCUT2D eigenvalue weighted by Crippen LogP contribution is -2.30. The normalized spacial score (nSPS) is 12.4. The molecule has 5 N–H and O–H groups in total. The molecule has 1 atom stereocenters. The van der Waals surface area contributed by atoms with Crippen molar-refractivity contribution < 1.29 is 4.39 Å². The van der Waals surface area contributed by atoms with Gasteiger partial charge in [0.1, 0.15) is 5.82 Å². The lowest BCUT2D eigenvalue weighted by molar-refractivity contribution is 0.561. The van der Waals surface area contributed by atoms with E-state index in [2.05, 4.69) is 21.4 Å². The molecule has 0 amide bonds. The van der Waals surface area contributed by atoms with Gasteiger partial charge in [-0.15, -0.1) is 0 Å². The number of hydrazine groups is 1. The van der Waals surface area contributed by atoms with Crippen LogP contribution in [0.15, 0.2) is 46.9 Å². The number of anilines is 1. The molecular weight excluding hydrogens is 297 g/mol. The van der Waals surface area contributed by atoms with E-state index in [9.17, 15) is 4.39 Å². The number of hydrogen-bond acceptors (Lipinski definition) is 3. The minimum Gasteiger partial charge on any atom is -0.398 e. The molecule has 94 valence electrons. The fraction of sp³-hybridized carbons (Fsp3) is 0.0769. The molecule has 0 saturated heterocycles. The molecule has 3 nitrogen and oxygen atoms in total. The Kier molecular flexibility index (Phi) is 3.96. The van der Waals surface area contributed by atoms with Gasteiger partial charge in [-0.1, -0.05) is 34.1 Å². The van der Waals surface area contributed by atoms with Crippen LogP contribution in [0.1, 0.15) is 17.2 Å². The summed E-state index contributed by atoms with van der Waals surface area (Å²) < 4.78 is 14.7. The van der Waals surface area contributed by atoms with Crippen LogP contribution in [-0.4, -0.2) is 0 Å². The molecule has 0 heterocycles. The molecule has 2 aromatic rings. The predicted molar refractivity (Wildman–Crippen MR) is 74.1 cm³/mol. The average Bonchev–Trinajstić information content (AvgIpc) is 2.36. The van der Waals surface area contributed by atoms with Crippen LogP contribution in [0, 0.1) is 5.82 Å². The summed E-state index contributed by atoms with van der Waals surface area (Å²) in [6.07, 6.45) is 0. The maximum atomic E-state index is 13.8. The monoisotopic (exact) mass is 309 g/mol. The van der Waals surface area contributed by atoms with Gasteiger partial charge in [-0.25, -0.2) is 9.82 Å². The van der Waals surface area contributed by atoms with Gasteiger partial charge in [0.15, 0.2) is 0 Å². The van der Waals surface area contributed by atoms with Crippen LogP contribution in [0.4, 0.5) is 10.1 Å². The number of halogens is 2. The summed E-state index contributed by atoms with van der Waals surface area (Å²) in [5.41, 5.74) is 10.3. The third-order valence-electron chi connectivity index (χ3n) is 2.74. The Morgan fingerprint density at radius 1 is 1.11 bits per heavy atom. The number of benzene rings is 2. The van der Waals surface area contributed by atoms with E-state index in [1.165, 1.54) is 6.07 Å². The summed E-state index contributed by atoms with van der Waals surface area (Å²) in [5.74, 6) is 5.22. The fourth-order valence-corrected chi connectivity index (χ4v) is 2.23. The van der Waals surface area contributed by atoms with E-state index in [0.29, 0.717) is 11.3 Å². The van der Waals surface area contributed by atoms with Gasteiger partial charge in [0.2, 0.25) is 0 Å². The van der Waals surface area contributed by atoms with Crippen LogP contribution in [0.25, 0.3) is 0 Å². The maximum Gasteiger partial charge on any atom is 0.128 e. The first-order chi connectivity index (χ1) is 8.63. The zero-order chi connectivity index (χ0) is 13.1. The van der Waals surface area contributed by atoms with E-state index in [1.54, 1.807) is 24.3 Å². The van der Waals surface area contributed by atoms with Gasteiger partial charge in [0.05, 0.1) is 6.04 Å². The van der Waals surface area contributed by atoms with Gasteiger partial charge in [0.25, 0.3) is 0 Å². The van der Waals surface area contributed by atoms with Crippen molar-refractivity contribution >= 4 is 21.6 Å². The first-order valence-corrected chi connectivity index (χ1v) is 6.18. The lowest BCUT2D eigenvalue weighted by Gasteiger charge is -2.19. The summed E-state index contributed by atoms with van der Waals surface area (Å²) in [4.78, 5) is 0. The van der Waals surface area contributed by atoms with Gasteiger partial charge >= 0.3 is 0 Å². The molecular formula is C13H13BrFN3. The Bertz CT molecular complexity index is 560. The SMILES string of the molecule is NNC(c1cc(Br)ccc1N)c1ccccc1F. The zero-order valence-electron chi connectivity index (χ0n) is 9.53. The Hall–Kier alpha value is -1.43. The Balaban J connectivity index is 2.52. The third-order valence-corrected chi connectivity index (χ3v) is 3.24. The number of hydrogen-bond donors (Lipinski definition) is 3. The van der Waals surface area contributed by atoms with Crippen molar-refractivity contribution in [2.24, 2.45) is 5.84 Å². The molecule has 18 heavy (non-hydrogen) atoms. The number of nitrogens with one attached hydrogen (secondary N) is 1. The number of rotatable bonds is 3. The Morgan fingerprint density at radius 2 is 1.83 bits per heavy atom. The van der Waals surface area contributed by atoms with Crippen molar-refractivity contribution in [1.82, 2.24) is 5.43 Å². The average molecular weight is 310 g/mol. The van der Waals surface area contributed by atoms with E-state index < -0.39 is 6.04 Å². The smallest absolute Gasteiger partial charge is 0.128 e. The molecule has 0 aliphatic rings. The minimum atomic E-state index is -0.483. The highest BCUT2D eigenvalue weighted by Gasteiger charge is 2.18. The van der Waals surface area contributed by atoms with E-state index in [4.69, 9.17) is 11.6 Å². The fourth-order valence-electron chi connectivity index (χ4n) is 1.85. The Morgan fingerprint density at radius 3 is 2.50 bits per heavy atom. The molecule has 2 aromatic carbocycles. The second kappa shape index (κ2) is 5.48. The highest BCUT2D eigenvalue weighted by Crippen LogP contribution is 2.30. The van der Waals surface area contributed by atoms with Gasteiger partial charge in [-0.2, -0.15) is 0 Å². The highest BCUT2D eigenvalue weighted by atomic mass is 79.9. The van der Waals surface area contributed by atoms with Crippen molar-refractivity contribution in [3.8, 4) is 0 Å². The largest absolute Gasteiger partial charge is 0.398 e. The summed E-state index contributed by atoms with van der Waals surface area (Å²) in [7, 11) is 0. The first-order valence-electron chi connectivity index (χ1n) is 5.39. The van der Waals surface area contributed by atoms with Crippen LogP contribution in [0.2, 0.25) is 0 Å². The topological polar surface area (TPSA) is 64.1 Å². The van der Waals surface area contributed by atoms with Crippen LogP contribution in [0.3, 0.4) is 0 Å². The molecule has 0 aliphatic carbocycles. The summed E-state index contributed by atoms with van der Waals surface area (Å²) in [5, 5.41) is 0. The molecule has 0 fully saturated rings. The number of nitrogen functional groups attached to an aromatic ring is 1. The summed E-state index contributed by atoms with van der Waals surface area (Å²) >= 11 is 3.37. The highest BCUT2D eigenvalue weighted by molar-refractivity contribution is 9.10. The van der Waals surface area contributed by atoms with E-state index in [-0.39, 0.29) is 5.82 Å². The minimum absolute atomic E-state index is 0.320. The molecule has 2 rings (SSSR count). The molecule has 0 aromatic heterocycles. The second-order valence-corrected chi connectivity index (χ2v) is 4.81. The summed E-state index contributed by atoms with van der Waals surface area (Å²) in [6, 6.07) is 11.4. The van der Waals surface area contributed by atoms with Crippen LogP contribution in [0.5, 0.6) is 0 Å². The van der Waals surface area contributed by atoms with E-state index in [0.717, 1.165) is 10.0 Å². The Labute approximate surface area is 113 Å². The van der Waals surface area contributed by atoms with E-state index in [1.807, 2.05) is 12.1 Å². The van der Waals surface area contributed by atoms with Gasteiger partial charge in [-0.05, 0) is 29.8 Å². The molecule has 0 bridgehead atoms. The molecule has 0 spiro atoms. The molecule has 0 radical (unpaired) electrons. The van der Waals surface area contributed by atoms with Crippen molar-refractivity contribution in [3.63, 3.8) is 0 Å². The number of nitrogens with two attached hydrogens (primary N) is 2. The quantitative estimate of drug-likeness (QED) is 0.464. The maximum absolute atomic E-state index is 13.8. The molecule has 0 saturated carbocycles. The molecule has 5 heteroatoms. The lowest BCUT2D eigenvalue weighted by atomic mass is 9.97. The van der Waals surface area contributed by atoms with Crippen molar-refractivity contribution in [3.05, 3.63) is 63.9 Å². The molecule has 1 unspecified atom stereocenters. The van der Waals surface area contributed by atoms with Gasteiger partial charge in [-0.3, -0.25) is 5.84 Å².